The molecule has 1 aliphatic rings. The van der Waals surface area contributed by atoms with Gasteiger partial charge < -0.3 is 14.7 Å². The molecule has 0 amide bonds. The van der Waals surface area contributed by atoms with Gasteiger partial charge in [0.15, 0.2) is 0 Å². The molecule has 1 aromatic rings. The zero-order valence-corrected chi connectivity index (χ0v) is 14.8. The van der Waals surface area contributed by atoms with Crippen LogP contribution in [0.1, 0.15) is 43.9 Å². The standard InChI is InChI=1S/C15H26BrN3O2/c1-18(2)15(7-5-4-6-8-15)14(20)13-12(16)11-17-19(13)9-10-21-3/h11,14,20H,4-10H2,1-3H3. The van der Waals surface area contributed by atoms with E-state index in [2.05, 4.69) is 40.0 Å². The smallest absolute Gasteiger partial charge is 0.115 e. The lowest BCUT2D eigenvalue weighted by Crippen LogP contribution is -2.51. The molecule has 0 saturated heterocycles. The lowest BCUT2D eigenvalue weighted by molar-refractivity contribution is -0.0387. The van der Waals surface area contributed by atoms with Gasteiger partial charge in [0.1, 0.15) is 6.10 Å². The number of hydrogen-bond acceptors (Lipinski definition) is 4. The first-order chi connectivity index (χ1) is 10.0. The number of aliphatic hydroxyl groups is 1. The number of halogens is 1. The summed E-state index contributed by atoms with van der Waals surface area (Å²) in [6, 6.07) is 0. The van der Waals surface area contributed by atoms with E-state index in [1.165, 1.54) is 19.3 Å². The average Bonchev–Trinajstić information content (AvgIpc) is 2.85. The molecular formula is C15H26BrN3O2. The molecule has 0 bridgehead atoms. The minimum Gasteiger partial charge on any atom is -0.385 e. The monoisotopic (exact) mass is 359 g/mol. The summed E-state index contributed by atoms with van der Waals surface area (Å²) in [6.07, 6.45) is 6.83. The van der Waals surface area contributed by atoms with Gasteiger partial charge in [-0.1, -0.05) is 19.3 Å². The highest BCUT2D eigenvalue weighted by atomic mass is 79.9. The third-order valence-electron chi connectivity index (χ3n) is 4.72. The van der Waals surface area contributed by atoms with Crippen molar-refractivity contribution in [1.82, 2.24) is 14.7 Å². The first kappa shape index (κ1) is 16.9. The first-order valence-corrected chi connectivity index (χ1v) is 8.38. The third kappa shape index (κ3) is 3.33. The van der Waals surface area contributed by atoms with Crippen LogP contribution < -0.4 is 0 Å². The molecule has 0 aliphatic heterocycles. The van der Waals surface area contributed by atoms with Gasteiger partial charge in [-0.25, -0.2) is 0 Å². The second-order valence-corrected chi connectivity index (χ2v) is 6.91. The van der Waals surface area contributed by atoms with Crippen LogP contribution in [0, 0.1) is 0 Å². The van der Waals surface area contributed by atoms with Crippen molar-refractivity contribution in [3.05, 3.63) is 16.4 Å². The Morgan fingerprint density at radius 1 is 1.43 bits per heavy atom. The van der Waals surface area contributed by atoms with Crippen molar-refractivity contribution in [2.45, 2.75) is 50.3 Å². The summed E-state index contributed by atoms with van der Waals surface area (Å²) < 4.78 is 7.87. The second-order valence-electron chi connectivity index (χ2n) is 6.05. The van der Waals surface area contributed by atoms with Gasteiger partial charge in [-0.15, -0.1) is 0 Å². The van der Waals surface area contributed by atoms with Crippen LogP contribution in [0.3, 0.4) is 0 Å². The zero-order chi connectivity index (χ0) is 15.5. The van der Waals surface area contributed by atoms with Crippen LogP contribution in [0.15, 0.2) is 10.7 Å². The topological polar surface area (TPSA) is 50.5 Å². The van der Waals surface area contributed by atoms with Crippen LogP contribution in [0.5, 0.6) is 0 Å². The van der Waals surface area contributed by atoms with E-state index in [1.54, 1.807) is 13.3 Å². The van der Waals surface area contributed by atoms with Crippen LogP contribution in [-0.4, -0.2) is 53.1 Å². The number of methoxy groups -OCH3 is 1. The molecule has 5 nitrogen and oxygen atoms in total. The number of likely N-dealkylation sites (N-methyl/N-ethyl adjacent to an activating group) is 1. The molecule has 0 radical (unpaired) electrons. The molecular weight excluding hydrogens is 334 g/mol. The summed E-state index contributed by atoms with van der Waals surface area (Å²) in [5.74, 6) is 0. The Morgan fingerprint density at radius 2 is 2.10 bits per heavy atom. The molecule has 1 heterocycles. The third-order valence-corrected chi connectivity index (χ3v) is 5.33. The van der Waals surface area contributed by atoms with Gasteiger partial charge in [0.2, 0.25) is 0 Å². The SMILES string of the molecule is COCCn1ncc(Br)c1C(O)C1(N(C)C)CCCCC1. The zero-order valence-electron chi connectivity index (χ0n) is 13.2. The molecule has 0 spiro atoms. The van der Waals surface area contributed by atoms with E-state index in [9.17, 15) is 5.11 Å². The van der Waals surface area contributed by atoms with Gasteiger partial charge >= 0.3 is 0 Å². The van der Waals surface area contributed by atoms with Gasteiger partial charge in [-0.2, -0.15) is 5.10 Å². The Hall–Kier alpha value is -0.430. The summed E-state index contributed by atoms with van der Waals surface area (Å²) in [5, 5.41) is 15.5. The molecule has 1 N–H and O–H groups in total. The number of aromatic nitrogens is 2. The number of aliphatic hydroxyl groups excluding tert-OH is 1. The van der Waals surface area contributed by atoms with Gasteiger partial charge in [0.25, 0.3) is 0 Å². The predicted octanol–water partition coefficient (Wildman–Crippen LogP) is 2.59. The number of nitrogens with zero attached hydrogens (tertiary/aromatic N) is 3. The fraction of sp³-hybridized carbons (Fsp3) is 0.800. The lowest BCUT2D eigenvalue weighted by atomic mass is 9.75. The number of rotatable bonds is 6. The highest BCUT2D eigenvalue weighted by Crippen LogP contribution is 2.43. The molecule has 1 fully saturated rings. The molecule has 1 saturated carbocycles. The van der Waals surface area contributed by atoms with Crippen molar-refractivity contribution >= 4 is 15.9 Å². The minimum absolute atomic E-state index is 0.203. The Balaban J connectivity index is 2.32. The Labute approximate surface area is 135 Å². The number of ether oxygens (including phenoxy) is 1. The molecule has 1 atom stereocenters. The van der Waals surface area contributed by atoms with E-state index in [0.717, 1.165) is 23.0 Å². The quantitative estimate of drug-likeness (QED) is 0.847. The van der Waals surface area contributed by atoms with Crippen LogP contribution in [0.25, 0.3) is 0 Å². The van der Waals surface area contributed by atoms with Crippen LogP contribution in [0.4, 0.5) is 0 Å². The van der Waals surface area contributed by atoms with E-state index < -0.39 is 6.10 Å². The van der Waals surface area contributed by atoms with Crippen molar-refractivity contribution in [2.24, 2.45) is 0 Å². The molecule has 1 aromatic heterocycles. The lowest BCUT2D eigenvalue weighted by Gasteiger charge is -2.46. The van der Waals surface area contributed by atoms with E-state index in [0.29, 0.717) is 13.2 Å². The molecule has 2 rings (SSSR count). The normalized spacial score (nSPS) is 19.9. The van der Waals surface area contributed by atoms with Crippen molar-refractivity contribution in [3.8, 4) is 0 Å². The van der Waals surface area contributed by atoms with Gasteiger partial charge in [0, 0.05) is 7.11 Å². The maximum atomic E-state index is 11.1. The molecule has 120 valence electrons. The fourth-order valence-corrected chi connectivity index (χ4v) is 3.90. The van der Waals surface area contributed by atoms with E-state index >= 15 is 0 Å². The van der Waals surface area contributed by atoms with Crippen LogP contribution >= 0.6 is 15.9 Å². The fourth-order valence-electron chi connectivity index (χ4n) is 3.38. The van der Waals surface area contributed by atoms with Crippen molar-refractivity contribution in [1.29, 1.82) is 0 Å². The summed E-state index contributed by atoms with van der Waals surface area (Å²) in [6.45, 7) is 1.24. The Morgan fingerprint density at radius 3 is 2.67 bits per heavy atom. The first-order valence-electron chi connectivity index (χ1n) is 7.58. The summed E-state index contributed by atoms with van der Waals surface area (Å²) in [7, 11) is 5.81. The highest BCUT2D eigenvalue weighted by molar-refractivity contribution is 9.10. The van der Waals surface area contributed by atoms with Crippen LogP contribution in [-0.2, 0) is 11.3 Å². The molecule has 21 heavy (non-hydrogen) atoms. The molecule has 6 heteroatoms. The van der Waals surface area contributed by atoms with Crippen molar-refractivity contribution in [2.75, 3.05) is 27.8 Å². The van der Waals surface area contributed by atoms with Crippen molar-refractivity contribution in [3.63, 3.8) is 0 Å². The molecule has 0 aromatic carbocycles. The number of hydrogen-bond donors (Lipinski definition) is 1. The van der Waals surface area contributed by atoms with E-state index in [1.807, 2.05) is 4.68 Å². The Kier molecular flexibility index (Phi) is 5.82. The summed E-state index contributed by atoms with van der Waals surface area (Å²) in [4.78, 5) is 2.19. The second kappa shape index (κ2) is 7.22. The summed E-state index contributed by atoms with van der Waals surface area (Å²) in [5.41, 5.74) is 0.661. The van der Waals surface area contributed by atoms with Gasteiger partial charge in [-0.3, -0.25) is 4.68 Å². The molecule has 1 unspecified atom stereocenters. The van der Waals surface area contributed by atoms with Gasteiger partial charge in [-0.05, 0) is 42.9 Å². The Bertz CT molecular complexity index is 456. The largest absolute Gasteiger partial charge is 0.385 e. The average molecular weight is 360 g/mol. The van der Waals surface area contributed by atoms with E-state index in [4.69, 9.17) is 4.74 Å². The van der Waals surface area contributed by atoms with Crippen molar-refractivity contribution < 1.29 is 9.84 Å². The summed E-state index contributed by atoms with van der Waals surface area (Å²) >= 11 is 3.55. The maximum absolute atomic E-state index is 11.1. The van der Waals surface area contributed by atoms with E-state index in [-0.39, 0.29) is 5.54 Å². The highest BCUT2D eigenvalue weighted by Gasteiger charge is 2.43. The predicted molar refractivity (Wildman–Crippen MR) is 86.3 cm³/mol. The maximum Gasteiger partial charge on any atom is 0.115 e. The minimum atomic E-state index is -0.554. The molecule has 1 aliphatic carbocycles. The van der Waals surface area contributed by atoms with Gasteiger partial charge in [0.05, 0.1) is 35.1 Å². The van der Waals surface area contributed by atoms with Crippen LogP contribution in [0.2, 0.25) is 0 Å².